The first-order valence-corrected chi connectivity index (χ1v) is 14.4. The van der Waals surface area contributed by atoms with E-state index in [4.69, 9.17) is 23.9 Å². The Morgan fingerprint density at radius 2 is 1.95 bits per heavy atom. The summed E-state index contributed by atoms with van der Waals surface area (Å²) in [4.78, 5) is 23.9. The minimum atomic E-state index is -0.430. The number of likely N-dealkylation sites (tertiary alicyclic amines) is 1. The van der Waals surface area contributed by atoms with Crippen molar-refractivity contribution in [2.45, 2.75) is 44.7 Å². The van der Waals surface area contributed by atoms with E-state index in [1.807, 2.05) is 30.3 Å². The molecule has 2 saturated heterocycles. The number of hydrogen-bond acceptors (Lipinski definition) is 8. The summed E-state index contributed by atoms with van der Waals surface area (Å²) in [5.74, 6) is 0.871. The van der Waals surface area contributed by atoms with E-state index < -0.39 is 5.82 Å². The number of rotatable bonds is 10. The lowest BCUT2D eigenvalue weighted by atomic mass is 10.1. The van der Waals surface area contributed by atoms with Gasteiger partial charge >= 0.3 is 5.97 Å². The number of aromatic nitrogens is 3. The number of epoxide rings is 1. The molecule has 0 N–H and O–H groups in total. The highest BCUT2D eigenvalue weighted by Crippen LogP contribution is 2.26. The molecular formula is C30H30BrFN4O5. The van der Waals surface area contributed by atoms with E-state index in [9.17, 15) is 9.18 Å². The molecule has 9 nitrogen and oxygen atoms in total. The van der Waals surface area contributed by atoms with Crippen molar-refractivity contribution in [2.24, 2.45) is 0 Å². The van der Waals surface area contributed by atoms with Crippen molar-refractivity contribution in [1.82, 2.24) is 19.4 Å². The van der Waals surface area contributed by atoms with Crippen molar-refractivity contribution < 1.29 is 28.1 Å². The number of nitrogens with zero attached hydrogens (tertiary/aromatic N) is 4. The van der Waals surface area contributed by atoms with Gasteiger partial charge in [-0.05, 0) is 55.3 Å². The van der Waals surface area contributed by atoms with E-state index in [0.717, 1.165) is 49.4 Å². The second kappa shape index (κ2) is 12.1. The van der Waals surface area contributed by atoms with Crippen LogP contribution in [0.3, 0.4) is 0 Å². The van der Waals surface area contributed by atoms with Crippen molar-refractivity contribution in [1.29, 1.82) is 0 Å². The SMILES string of the molecule is COC(=O)c1ccc2nc(CN3CCC(Oc4cccc(COc5ccc(Br)cc5F)n4)CC3)n(C[C@H]3CO3)c2c1. The number of esters is 1. The maximum absolute atomic E-state index is 14.1. The Labute approximate surface area is 245 Å². The zero-order valence-corrected chi connectivity index (χ0v) is 24.2. The summed E-state index contributed by atoms with van der Waals surface area (Å²) in [6, 6.07) is 15.7. The van der Waals surface area contributed by atoms with Gasteiger partial charge < -0.3 is 23.5 Å². The molecule has 0 aliphatic carbocycles. The van der Waals surface area contributed by atoms with E-state index in [1.165, 1.54) is 13.2 Å². The van der Waals surface area contributed by atoms with E-state index in [1.54, 1.807) is 18.2 Å². The van der Waals surface area contributed by atoms with Gasteiger partial charge in [0.1, 0.15) is 18.5 Å². The number of methoxy groups -OCH3 is 1. The topological polar surface area (TPSA) is 91.2 Å². The molecule has 2 aliphatic rings. The Morgan fingerprint density at radius 3 is 2.71 bits per heavy atom. The number of halogens is 2. The van der Waals surface area contributed by atoms with Gasteiger partial charge in [0.25, 0.3) is 0 Å². The van der Waals surface area contributed by atoms with Crippen LogP contribution in [0, 0.1) is 5.82 Å². The quantitative estimate of drug-likeness (QED) is 0.177. The summed E-state index contributed by atoms with van der Waals surface area (Å²) in [6.07, 6.45) is 1.92. The standard InChI is InChI=1S/C30H30BrFN4O5/c1-38-30(37)19-5-7-25-26(13-19)36(15-23-18-39-23)28(34-25)16-35-11-9-22(10-12-35)41-29-4-2-3-21(33-29)17-40-27-8-6-20(31)14-24(27)32/h2-8,13-14,22-23H,9-12,15-18H2,1H3/t23-/m0/s1. The van der Waals surface area contributed by atoms with Gasteiger partial charge in [0.15, 0.2) is 11.6 Å². The van der Waals surface area contributed by atoms with Gasteiger partial charge in [-0.25, -0.2) is 19.2 Å². The molecule has 0 bridgehead atoms. The van der Waals surface area contributed by atoms with E-state index in [-0.39, 0.29) is 30.5 Å². The molecule has 0 saturated carbocycles. The number of fused-ring (bicyclic) bond motifs is 1. The lowest BCUT2D eigenvalue weighted by Crippen LogP contribution is -2.38. The fraction of sp³-hybridized carbons (Fsp3) is 0.367. The third-order valence-corrected chi connectivity index (χ3v) is 7.77. The van der Waals surface area contributed by atoms with Crippen LogP contribution in [0.15, 0.2) is 59.1 Å². The van der Waals surface area contributed by atoms with Crippen LogP contribution in [0.5, 0.6) is 11.6 Å². The first-order chi connectivity index (χ1) is 19.9. The normalized spacial score (nSPS) is 17.5. The Bertz CT molecular complexity index is 1550. The van der Waals surface area contributed by atoms with E-state index >= 15 is 0 Å². The Kier molecular flexibility index (Phi) is 8.18. The van der Waals surface area contributed by atoms with E-state index in [0.29, 0.717) is 34.7 Å². The van der Waals surface area contributed by atoms with Crippen LogP contribution in [-0.4, -0.2) is 64.4 Å². The van der Waals surface area contributed by atoms with Crippen LogP contribution < -0.4 is 9.47 Å². The summed E-state index contributed by atoms with van der Waals surface area (Å²) < 4.78 is 39.1. The fourth-order valence-electron chi connectivity index (χ4n) is 5.02. The minimum absolute atomic E-state index is 0.0418. The molecule has 4 aromatic rings. The zero-order valence-electron chi connectivity index (χ0n) is 22.6. The summed E-state index contributed by atoms with van der Waals surface area (Å²) in [6.45, 7) is 3.98. The van der Waals surface area contributed by atoms with Crippen LogP contribution in [0.4, 0.5) is 4.39 Å². The highest BCUT2D eigenvalue weighted by atomic mass is 79.9. The second-order valence-electron chi connectivity index (χ2n) is 10.2. The maximum atomic E-state index is 14.1. The molecule has 0 spiro atoms. The molecule has 11 heteroatoms. The molecule has 4 heterocycles. The smallest absolute Gasteiger partial charge is 0.337 e. The molecule has 214 valence electrons. The number of benzene rings is 2. The van der Waals surface area contributed by atoms with Crippen molar-refractivity contribution >= 4 is 32.9 Å². The predicted octanol–water partition coefficient (Wildman–Crippen LogP) is 5.14. The van der Waals surface area contributed by atoms with Gasteiger partial charge in [0.2, 0.25) is 5.88 Å². The molecule has 1 atom stereocenters. The number of pyridine rings is 1. The van der Waals surface area contributed by atoms with Gasteiger partial charge in [-0.15, -0.1) is 0 Å². The molecule has 2 fully saturated rings. The molecule has 0 unspecified atom stereocenters. The average Bonchev–Trinajstić information content (AvgIpc) is 3.74. The van der Waals surface area contributed by atoms with Crippen molar-refractivity contribution in [3.63, 3.8) is 0 Å². The number of imidazole rings is 1. The third kappa shape index (κ3) is 6.69. The number of ether oxygens (including phenoxy) is 4. The van der Waals surface area contributed by atoms with Gasteiger partial charge in [0.05, 0.1) is 55.2 Å². The van der Waals surface area contributed by atoms with Crippen LogP contribution in [0.2, 0.25) is 0 Å². The molecule has 2 aromatic heterocycles. The lowest BCUT2D eigenvalue weighted by molar-refractivity contribution is 0.0601. The van der Waals surface area contributed by atoms with Gasteiger partial charge in [-0.1, -0.05) is 22.0 Å². The summed E-state index contributed by atoms with van der Waals surface area (Å²) in [7, 11) is 1.38. The van der Waals surface area contributed by atoms with Crippen LogP contribution in [0.1, 0.15) is 34.7 Å². The molecule has 2 aliphatic heterocycles. The first-order valence-electron chi connectivity index (χ1n) is 13.6. The average molecular weight is 625 g/mol. The largest absolute Gasteiger partial charge is 0.484 e. The number of hydrogen-bond donors (Lipinski definition) is 0. The van der Waals surface area contributed by atoms with Gasteiger partial charge in [-0.2, -0.15) is 0 Å². The highest BCUT2D eigenvalue weighted by Gasteiger charge is 2.28. The predicted molar refractivity (Wildman–Crippen MR) is 152 cm³/mol. The van der Waals surface area contributed by atoms with Crippen LogP contribution in [0.25, 0.3) is 11.0 Å². The van der Waals surface area contributed by atoms with E-state index in [2.05, 4.69) is 30.4 Å². The molecule has 6 rings (SSSR count). The molecule has 0 radical (unpaired) electrons. The summed E-state index contributed by atoms with van der Waals surface area (Å²) >= 11 is 3.25. The summed E-state index contributed by atoms with van der Waals surface area (Å²) in [5, 5.41) is 0. The Hall–Kier alpha value is -3.54. The zero-order chi connectivity index (χ0) is 28.3. The molecule has 0 amide bonds. The molecule has 2 aromatic carbocycles. The number of carbonyl (C=O) groups excluding carboxylic acids is 1. The van der Waals surface area contributed by atoms with Crippen molar-refractivity contribution in [3.05, 3.63) is 82.0 Å². The fourth-order valence-corrected chi connectivity index (χ4v) is 5.36. The van der Waals surface area contributed by atoms with Crippen molar-refractivity contribution in [2.75, 3.05) is 26.8 Å². The van der Waals surface area contributed by atoms with Crippen LogP contribution in [-0.2, 0) is 29.2 Å². The molecular weight excluding hydrogens is 595 g/mol. The van der Waals surface area contributed by atoms with Crippen molar-refractivity contribution in [3.8, 4) is 11.6 Å². The third-order valence-electron chi connectivity index (χ3n) is 7.27. The van der Waals surface area contributed by atoms with Gasteiger partial charge in [-0.3, -0.25) is 4.90 Å². The summed E-state index contributed by atoms with van der Waals surface area (Å²) in [5.41, 5.74) is 2.93. The Balaban J connectivity index is 1.06. The first kappa shape index (κ1) is 27.6. The minimum Gasteiger partial charge on any atom is -0.484 e. The Morgan fingerprint density at radius 1 is 1.12 bits per heavy atom. The van der Waals surface area contributed by atoms with Crippen LogP contribution >= 0.6 is 15.9 Å². The lowest BCUT2D eigenvalue weighted by Gasteiger charge is -2.31. The number of piperidine rings is 1. The maximum Gasteiger partial charge on any atom is 0.337 e. The molecule has 41 heavy (non-hydrogen) atoms. The highest BCUT2D eigenvalue weighted by molar-refractivity contribution is 9.10. The number of carbonyl (C=O) groups is 1. The second-order valence-corrected chi connectivity index (χ2v) is 11.1. The van der Waals surface area contributed by atoms with Gasteiger partial charge in [0, 0.05) is 23.6 Å². The monoisotopic (exact) mass is 624 g/mol.